The number of carbonyl (C=O) groups excluding carboxylic acids is 1. The van der Waals surface area contributed by atoms with Crippen molar-refractivity contribution in [2.45, 2.75) is 38.1 Å². The minimum atomic E-state index is -0.347. The van der Waals surface area contributed by atoms with E-state index in [-0.39, 0.29) is 17.1 Å². The van der Waals surface area contributed by atoms with Crippen LogP contribution in [0.2, 0.25) is 0 Å². The van der Waals surface area contributed by atoms with Crippen LogP contribution in [0.15, 0.2) is 24.3 Å². The van der Waals surface area contributed by atoms with E-state index in [9.17, 15) is 9.18 Å². The van der Waals surface area contributed by atoms with Gasteiger partial charge in [-0.1, -0.05) is 25.0 Å². The van der Waals surface area contributed by atoms with Gasteiger partial charge in [0.05, 0.1) is 13.2 Å². The highest BCUT2D eigenvalue weighted by atomic mass is 19.1. The van der Waals surface area contributed by atoms with E-state index in [1.165, 1.54) is 37.8 Å². The zero-order chi connectivity index (χ0) is 15.7. The summed E-state index contributed by atoms with van der Waals surface area (Å²) in [6.45, 7) is 4.44. The first-order valence-corrected chi connectivity index (χ1v) is 8.21. The van der Waals surface area contributed by atoms with Gasteiger partial charge in [0.2, 0.25) is 0 Å². The lowest BCUT2D eigenvalue weighted by Gasteiger charge is -2.37. The maximum Gasteiger partial charge on any atom is 0.176 e. The smallest absolute Gasteiger partial charge is 0.176 e. The van der Waals surface area contributed by atoms with Crippen LogP contribution in [0.4, 0.5) is 4.39 Å². The van der Waals surface area contributed by atoms with Gasteiger partial charge in [-0.2, -0.15) is 0 Å². The number of carbonyl (C=O) groups is 1. The van der Waals surface area contributed by atoms with Crippen molar-refractivity contribution in [1.82, 2.24) is 9.80 Å². The summed E-state index contributed by atoms with van der Waals surface area (Å²) in [6.07, 6.45) is 5.26. The Morgan fingerprint density at radius 3 is 2.77 bits per heavy atom. The molecule has 1 unspecified atom stereocenters. The number of benzene rings is 1. The molecule has 4 heteroatoms. The van der Waals surface area contributed by atoms with Crippen LogP contribution >= 0.6 is 0 Å². The molecule has 0 bridgehead atoms. The molecule has 3 rings (SSSR count). The Bertz CT molecular complexity index is 556. The molecule has 0 spiro atoms. The van der Waals surface area contributed by atoms with Gasteiger partial charge in [0.25, 0.3) is 0 Å². The van der Waals surface area contributed by atoms with E-state index in [1.807, 2.05) is 0 Å². The number of hydrogen-bond donors (Lipinski definition) is 0. The van der Waals surface area contributed by atoms with Gasteiger partial charge >= 0.3 is 0 Å². The Morgan fingerprint density at radius 2 is 2.09 bits per heavy atom. The first-order chi connectivity index (χ1) is 10.5. The first kappa shape index (κ1) is 15.6. The molecule has 1 saturated heterocycles. The molecule has 1 atom stereocenters. The minimum absolute atomic E-state index is 0.00331. The normalized spacial score (nSPS) is 27.6. The number of likely N-dealkylation sites (N-methyl/N-ethyl adjacent to an activating group) is 1. The Hall–Kier alpha value is -1.26. The van der Waals surface area contributed by atoms with Gasteiger partial charge in [-0.15, -0.1) is 0 Å². The molecule has 0 amide bonds. The number of Topliss-reactive ketones (excluding diaryl/α,β-unsaturated/α-hetero) is 1. The Balaban J connectivity index is 1.66. The predicted molar refractivity (Wildman–Crippen MR) is 85.3 cm³/mol. The van der Waals surface area contributed by atoms with Gasteiger partial charge in [0, 0.05) is 17.6 Å². The van der Waals surface area contributed by atoms with Crippen LogP contribution < -0.4 is 0 Å². The molecule has 1 aromatic carbocycles. The minimum Gasteiger partial charge on any atom is -0.293 e. The second-order valence-corrected chi connectivity index (χ2v) is 7.10. The van der Waals surface area contributed by atoms with Crippen molar-refractivity contribution in [1.29, 1.82) is 0 Å². The summed E-state index contributed by atoms with van der Waals surface area (Å²) in [5, 5.41) is 0. The largest absolute Gasteiger partial charge is 0.293 e. The van der Waals surface area contributed by atoms with Gasteiger partial charge in [-0.25, -0.2) is 4.39 Å². The van der Waals surface area contributed by atoms with Crippen LogP contribution in [0.3, 0.4) is 0 Å². The third kappa shape index (κ3) is 2.95. The molecular weight excluding hydrogens is 279 g/mol. The molecular formula is C18H25FN2O. The quantitative estimate of drug-likeness (QED) is 0.798. The van der Waals surface area contributed by atoms with Crippen LogP contribution in [-0.4, -0.2) is 47.9 Å². The average Bonchev–Trinajstić information content (AvgIpc) is 3.09. The molecule has 0 radical (unpaired) electrons. The topological polar surface area (TPSA) is 23.6 Å². The van der Waals surface area contributed by atoms with E-state index in [0.29, 0.717) is 12.1 Å². The molecule has 22 heavy (non-hydrogen) atoms. The summed E-state index contributed by atoms with van der Waals surface area (Å²) in [6, 6.07) is 6.00. The second-order valence-electron chi connectivity index (χ2n) is 7.10. The van der Waals surface area contributed by atoms with Crippen LogP contribution in [0.5, 0.6) is 0 Å². The highest BCUT2D eigenvalue weighted by molar-refractivity contribution is 5.97. The third-order valence-corrected chi connectivity index (χ3v) is 5.58. The van der Waals surface area contributed by atoms with Crippen molar-refractivity contribution in [3.8, 4) is 0 Å². The molecule has 1 saturated carbocycles. The Labute approximate surface area is 132 Å². The SMILES string of the molecule is CN1CN(CC(=O)c2cccc(F)c2)CC1(C)C1CCCC1. The van der Waals surface area contributed by atoms with Crippen molar-refractivity contribution in [2.24, 2.45) is 5.92 Å². The van der Waals surface area contributed by atoms with Crippen molar-refractivity contribution in [3.05, 3.63) is 35.6 Å². The lowest BCUT2D eigenvalue weighted by atomic mass is 9.84. The molecule has 120 valence electrons. The highest BCUT2D eigenvalue weighted by Gasteiger charge is 2.45. The molecule has 2 aliphatic rings. The van der Waals surface area contributed by atoms with Crippen molar-refractivity contribution in [3.63, 3.8) is 0 Å². The molecule has 3 nitrogen and oxygen atoms in total. The fourth-order valence-electron chi connectivity index (χ4n) is 4.14. The number of nitrogens with zero attached hydrogens (tertiary/aromatic N) is 2. The number of rotatable bonds is 4. The van der Waals surface area contributed by atoms with E-state index in [2.05, 4.69) is 23.8 Å². The van der Waals surface area contributed by atoms with E-state index in [0.717, 1.165) is 19.1 Å². The third-order valence-electron chi connectivity index (χ3n) is 5.58. The summed E-state index contributed by atoms with van der Waals surface area (Å²) < 4.78 is 13.3. The van der Waals surface area contributed by atoms with Gasteiger partial charge in [-0.05, 0) is 44.9 Å². The van der Waals surface area contributed by atoms with Crippen LogP contribution in [0.25, 0.3) is 0 Å². The average molecular weight is 304 g/mol. The van der Waals surface area contributed by atoms with Crippen LogP contribution in [0.1, 0.15) is 43.0 Å². The fourth-order valence-corrected chi connectivity index (χ4v) is 4.14. The zero-order valence-corrected chi connectivity index (χ0v) is 13.5. The standard InChI is InChI=1S/C18H25FN2O/c1-18(15-7-3-4-8-15)12-21(13-20(18)2)11-17(22)14-6-5-9-16(19)10-14/h5-6,9-10,15H,3-4,7-8,11-13H2,1-2H3. The molecule has 0 N–H and O–H groups in total. The maximum atomic E-state index is 13.3. The molecule has 1 aliphatic heterocycles. The summed E-state index contributed by atoms with van der Waals surface area (Å²) >= 11 is 0. The first-order valence-electron chi connectivity index (χ1n) is 8.21. The summed E-state index contributed by atoms with van der Waals surface area (Å²) in [5.74, 6) is 0.385. The maximum absolute atomic E-state index is 13.3. The molecule has 1 aliphatic carbocycles. The second kappa shape index (κ2) is 6.09. The Morgan fingerprint density at radius 1 is 1.36 bits per heavy atom. The van der Waals surface area contributed by atoms with Crippen LogP contribution in [0, 0.1) is 11.7 Å². The summed E-state index contributed by atoms with van der Waals surface area (Å²) in [4.78, 5) is 17.0. The van der Waals surface area contributed by atoms with Crippen molar-refractivity contribution < 1.29 is 9.18 Å². The number of hydrogen-bond acceptors (Lipinski definition) is 3. The van der Waals surface area contributed by atoms with E-state index < -0.39 is 0 Å². The summed E-state index contributed by atoms with van der Waals surface area (Å²) in [7, 11) is 2.16. The van der Waals surface area contributed by atoms with Gasteiger partial charge in [0.1, 0.15) is 5.82 Å². The lowest BCUT2D eigenvalue weighted by Crippen LogP contribution is -2.46. The predicted octanol–water partition coefficient (Wildman–Crippen LogP) is 3.16. The van der Waals surface area contributed by atoms with Gasteiger partial charge in [-0.3, -0.25) is 14.6 Å². The number of halogens is 1. The monoisotopic (exact) mass is 304 g/mol. The zero-order valence-electron chi connectivity index (χ0n) is 13.5. The molecule has 1 aromatic rings. The number of ketones is 1. The molecule has 1 heterocycles. The summed E-state index contributed by atoms with van der Waals surface area (Å²) in [5.41, 5.74) is 0.635. The van der Waals surface area contributed by atoms with Crippen molar-refractivity contribution >= 4 is 5.78 Å². The van der Waals surface area contributed by atoms with Crippen molar-refractivity contribution in [2.75, 3.05) is 26.8 Å². The fraction of sp³-hybridized carbons (Fsp3) is 0.611. The van der Waals surface area contributed by atoms with Gasteiger partial charge < -0.3 is 0 Å². The van der Waals surface area contributed by atoms with Gasteiger partial charge in [0.15, 0.2) is 5.78 Å². The van der Waals surface area contributed by atoms with E-state index in [4.69, 9.17) is 0 Å². The van der Waals surface area contributed by atoms with Crippen LogP contribution in [-0.2, 0) is 0 Å². The lowest BCUT2D eigenvalue weighted by molar-refractivity contribution is 0.0936. The van der Waals surface area contributed by atoms with E-state index in [1.54, 1.807) is 12.1 Å². The van der Waals surface area contributed by atoms with E-state index >= 15 is 0 Å². The molecule has 2 fully saturated rings. The highest BCUT2D eigenvalue weighted by Crippen LogP contribution is 2.40. The molecule has 0 aromatic heterocycles. The Kier molecular flexibility index (Phi) is 4.33.